The Morgan fingerprint density at radius 1 is 0.972 bits per heavy atom. The van der Waals surface area contributed by atoms with E-state index >= 15 is 0 Å². The fourth-order valence-electron chi connectivity index (χ4n) is 3.92. The number of hydrogen-bond acceptors (Lipinski definition) is 4. The first-order chi connectivity index (χ1) is 17.5. The number of amides is 1. The molecule has 1 amide bonds. The normalized spacial score (nSPS) is 15.6. The first kappa shape index (κ1) is 25.3. The summed E-state index contributed by atoms with van der Waals surface area (Å²) in [6.07, 6.45) is 2.89. The highest BCUT2D eigenvalue weighted by molar-refractivity contribution is 14.1. The predicted molar refractivity (Wildman–Crippen MR) is 167 cm³/mol. The van der Waals surface area contributed by atoms with Gasteiger partial charge in [-0.2, -0.15) is 0 Å². The zero-order valence-electron chi connectivity index (χ0n) is 19.4. The first-order valence-electron chi connectivity index (χ1n) is 11.5. The van der Waals surface area contributed by atoms with Gasteiger partial charge in [-0.3, -0.25) is 4.79 Å². The van der Waals surface area contributed by atoms with Crippen LogP contribution >= 0.6 is 56.9 Å². The number of fused-ring (bicyclic) bond motifs is 1. The van der Waals surface area contributed by atoms with Crippen LogP contribution in [0.25, 0.3) is 16.8 Å². The third kappa shape index (κ3) is 5.78. The number of aliphatic imine (C=N–C) groups is 1. The van der Waals surface area contributed by atoms with Crippen molar-refractivity contribution in [3.8, 4) is 5.75 Å². The highest BCUT2D eigenvalue weighted by atomic mass is 127. The average molecular weight is 716 g/mol. The lowest BCUT2D eigenvalue weighted by molar-refractivity contribution is -0.115. The monoisotopic (exact) mass is 716 g/mol. The summed E-state index contributed by atoms with van der Waals surface area (Å²) < 4.78 is 8.27. The summed E-state index contributed by atoms with van der Waals surface area (Å²) in [4.78, 5) is 17.8. The minimum atomic E-state index is -0.134. The summed E-state index contributed by atoms with van der Waals surface area (Å²) in [6, 6.07) is 26.8. The molecule has 36 heavy (non-hydrogen) atoms. The third-order valence-electron chi connectivity index (χ3n) is 5.80. The van der Waals surface area contributed by atoms with Crippen molar-refractivity contribution >= 4 is 90.6 Å². The molecule has 0 aliphatic carbocycles. The van der Waals surface area contributed by atoms with Crippen molar-refractivity contribution in [3.05, 3.63) is 108 Å². The van der Waals surface area contributed by atoms with Crippen molar-refractivity contribution in [1.82, 2.24) is 5.32 Å². The molecule has 1 heterocycles. The molecular weight excluding hydrogens is 694 g/mol. The van der Waals surface area contributed by atoms with Crippen molar-refractivity contribution in [2.24, 2.45) is 4.99 Å². The summed E-state index contributed by atoms with van der Waals surface area (Å²) in [5, 5.41) is 5.87. The Morgan fingerprint density at radius 2 is 1.69 bits per heavy atom. The first-order valence-corrected chi connectivity index (χ1v) is 14.4. The van der Waals surface area contributed by atoms with Gasteiger partial charge in [-0.15, -0.1) is 0 Å². The Kier molecular flexibility index (Phi) is 7.97. The third-order valence-corrected chi connectivity index (χ3v) is 8.31. The SMILES string of the molecule is CCc1ccc(N=C2NC(=O)/C(=C/c3cc(I)c(OCc4cccc5ccccc45)c(I)c3)S2)cc1. The Bertz CT molecular complexity index is 1490. The van der Waals surface area contributed by atoms with Crippen LogP contribution in [-0.4, -0.2) is 11.1 Å². The van der Waals surface area contributed by atoms with Gasteiger partial charge in [-0.05, 0) is 121 Å². The number of aryl methyl sites for hydroxylation is 1. The van der Waals surface area contributed by atoms with Gasteiger partial charge in [-0.1, -0.05) is 61.5 Å². The molecule has 1 aliphatic heterocycles. The lowest BCUT2D eigenvalue weighted by Gasteiger charge is -2.13. The van der Waals surface area contributed by atoms with E-state index in [9.17, 15) is 4.79 Å². The second kappa shape index (κ2) is 11.4. The van der Waals surface area contributed by atoms with Crippen LogP contribution in [0, 0.1) is 7.14 Å². The van der Waals surface area contributed by atoms with Crippen molar-refractivity contribution in [2.45, 2.75) is 20.0 Å². The molecule has 4 aromatic carbocycles. The van der Waals surface area contributed by atoms with E-state index in [0.717, 1.165) is 36.1 Å². The number of ether oxygens (including phenoxy) is 1. The molecule has 4 aromatic rings. The number of nitrogens with zero attached hydrogens (tertiary/aromatic N) is 1. The molecule has 0 unspecified atom stereocenters. The second-order valence-electron chi connectivity index (χ2n) is 8.24. The van der Waals surface area contributed by atoms with Gasteiger partial charge >= 0.3 is 0 Å². The van der Waals surface area contributed by atoms with Crippen LogP contribution in [0.3, 0.4) is 0 Å². The molecule has 1 aliphatic rings. The number of carbonyl (C=O) groups is 1. The average Bonchev–Trinajstić information content (AvgIpc) is 3.22. The van der Waals surface area contributed by atoms with Crippen LogP contribution in [0.15, 0.2) is 88.8 Å². The predicted octanol–water partition coefficient (Wildman–Crippen LogP) is 8.08. The number of nitrogens with one attached hydrogen (secondary N) is 1. The molecule has 0 radical (unpaired) electrons. The van der Waals surface area contributed by atoms with E-state index in [1.54, 1.807) is 0 Å². The standard InChI is InChI=1S/C29H22I2N2O2S/c1-2-18-10-12-22(13-11-18)32-29-33-28(34)26(36-29)16-19-14-24(30)27(25(31)15-19)35-17-21-8-5-7-20-6-3-4-9-23(20)21/h3-16H,2,17H2,1H3,(H,32,33,34)/b26-16-. The van der Waals surface area contributed by atoms with E-state index in [-0.39, 0.29) is 5.91 Å². The number of amidine groups is 1. The summed E-state index contributed by atoms with van der Waals surface area (Å²) in [5.41, 5.74) is 4.19. The maximum atomic E-state index is 12.6. The Labute approximate surface area is 241 Å². The molecule has 0 atom stereocenters. The molecule has 1 N–H and O–H groups in total. The zero-order chi connectivity index (χ0) is 25.1. The van der Waals surface area contributed by atoms with E-state index in [4.69, 9.17) is 4.74 Å². The summed E-state index contributed by atoms with van der Waals surface area (Å²) >= 11 is 5.96. The zero-order valence-corrected chi connectivity index (χ0v) is 24.6. The van der Waals surface area contributed by atoms with Crippen molar-refractivity contribution < 1.29 is 9.53 Å². The van der Waals surface area contributed by atoms with Gasteiger partial charge in [0.05, 0.1) is 17.7 Å². The van der Waals surface area contributed by atoms with Crippen LogP contribution in [-0.2, 0) is 17.8 Å². The van der Waals surface area contributed by atoms with Gasteiger partial charge in [0.25, 0.3) is 5.91 Å². The molecule has 1 saturated heterocycles. The number of halogens is 2. The van der Waals surface area contributed by atoms with Gasteiger partial charge < -0.3 is 10.1 Å². The van der Waals surface area contributed by atoms with Gasteiger partial charge in [0.2, 0.25) is 0 Å². The molecular formula is C29H22I2N2O2S. The van der Waals surface area contributed by atoms with Crippen molar-refractivity contribution in [2.75, 3.05) is 0 Å². The second-order valence-corrected chi connectivity index (χ2v) is 11.6. The molecule has 0 aromatic heterocycles. The number of benzene rings is 4. The van der Waals surface area contributed by atoms with Crippen LogP contribution in [0.5, 0.6) is 5.75 Å². The highest BCUT2D eigenvalue weighted by Gasteiger charge is 2.24. The molecule has 0 spiro atoms. The van der Waals surface area contributed by atoms with Gasteiger partial charge in [0, 0.05) is 0 Å². The van der Waals surface area contributed by atoms with Crippen molar-refractivity contribution in [1.29, 1.82) is 0 Å². The topological polar surface area (TPSA) is 50.7 Å². The van der Waals surface area contributed by atoms with Crippen molar-refractivity contribution in [3.63, 3.8) is 0 Å². The van der Waals surface area contributed by atoms with Gasteiger partial charge in [0.15, 0.2) is 5.17 Å². The largest absolute Gasteiger partial charge is 0.487 e. The highest BCUT2D eigenvalue weighted by Crippen LogP contribution is 2.33. The van der Waals surface area contributed by atoms with Gasteiger partial charge in [-0.25, -0.2) is 4.99 Å². The molecule has 1 fully saturated rings. The van der Waals surface area contributed by atoms with Gasteiger partial charge in [0.1, 0.15) is 12.4 Å². The lowest BCUT2D eigenvalue weighted by Crippen LogP contribution is -2.19. The molecule has 7 heteroatoms. The smallest absolute Gasteiger partial charge is 0.264 e. The summed E-state index contributed by atoms with van der Waals surface area (Å²) in [6.45, 7) is 2.61. The molecule has 0 bridgehead atoms. The van der Waals surface area contributed by atoms with Crippen LogP contribution in [0.2, 0.25) is 0 Å². The number of carbonyl (C=O) groups excluding carboxylic acids is 1. The van der Waals surface area contributed by atoms with Crippen LogP contribution in [0.4, 0.5) is 5.69 Å². The number of rotatable bonds is 6. The Morgan fingerprint density at radius 3 is 2.44 bits per heavy atom. The van der Waals surface area contributed by atoms with Crippen LogP contribution in [0.1, 0.15) is 23.6 Å². The number of thioether (sulfide) groups is 1. The lowest BCUT2D eigenvalue weighted by atomic mass is 10.1. The van der Waals surface area contributed by atoms with E-state index in [1.807, 2.05) is 36.4 Å². The maximum absolute atomic E-state index is 12.6. The summed E-state index contributed by atoms with van der Waals surface area (Å²) in [5.74, 6) is 0.720. The van der Waals surface area contributed by atoms with E-state index in [2.05, 4.69) is 111 Å². The quantitative estimate of drug-likeness (QED) is 0.162. The van der Waals surface area contributed by atoms with E-state index in [0.29, 0.717) is 16.7 Å². The fourth-order valence-corrected chi connectivity index (χ4v) is 6.89. The minimum Gasteiger partial charge on any atom is -0.487 e. The molecule has 4 nitrogen and oxygen atoms in total. The number of hydrogen-bond donors (Lipinski definition) is 1. The Hall–Kier alpha value is -2.37. The van der Waals surface area contributed by atoms with E-state index < -0.39 is 0 Å². The molecule has 5 rings (SSSR count). The minimum absolute atomic E-state index is 0.134. The maximum Gasteiger partial charge on any atom is 0.264 e. The Balaban J connectivity index is 1.32. The summed E-state index contributed by atoms with van der Waals surface area (Å²) in [7, 11) is 0. The molecule has 0 saturated carbocycles. The molecule has 180 valence electrons. The van der Waals surface area contributed by atoms with Crippen LogP contribution < -0.4 is 10.1 Å². The van der Waals surface area contributed by atoms with E-state index in [1.165, 1.54) is 28.1 Å². The fraction of sp³-hybridized carbons (Fsp3) is 0.103.